The van der Waals surface area contributed by atoms with E-state index >= 15 is 0 Å². The van der Waals surface area contributed by atoms with Gasteiger partial charge in [0, 0.05) is 17.7 Å². The van der Waals surface area contributed by atoms with Crippen LogP contribution in [0.1, 0.15) is 44.6 Å². The van der Waals surface area contributed by atoms with Crippen LogP contribution in [0.2, 0.25) is 0 Å². The van der Waals surface area contributed by atoms with E-state index in [0.29, 0.717) is 11.8 Å². The second kappa shape index (κ2) is 4.37. The molecule has 0 saturated carbocycles. The van der Waals surface area contributed by atoms with E-state index in [0.717, 1.165) is 18.7 Å². The molecule has 0 aromatic carbocycles. The zero-order chi connectivity index (χ0) is 12.6. The summed E-state index contributed by atoms with van der Waals surface area (Å²) in [6.07, 6.45) is 2.57. The van der Waals surface area contributed by atoms with Gasteiger partial charge in [0.1, 0.15) is 11.9 Å². The lowest BCUT2D eigenvalue weighted by Crippen LogP contribution is -2.45. The van der Waals surface area contributed by atoms with Gasteiger partial charge in [-0.2, -0.15) is 0 Å². The van der Waals surface area contributed by atoms with Crippen molar-refractivity contribution >= 4 is 0 Å². The van der Waals surface area contributed by atoms with E-state index in [1.54, 1.807) is 6.33 Å². The number of rotatable bonds is 2. The summed E-state index contributed by atoms with van der Waals surface area (Å²) in [5, 5.41) is 0. The number of hydrogen-bond donors (Lipinski definition) is 0. The Morgan fingerprint density at radius 1 is 1.18 bits per heavy atom. The summed E-state index contributed by atoms with van der Waals surface area (Å²) in [5.41, 5.74) is 3.25. The number of aromatic nitrogens is 2. The molecule has 1 aromatic heterocycles. The van der Waals surface area contributed by atoms with E-state index in [2.05, 4.69) is 44.6 Å². The van der Waals surface area contributed by atoms with Crippen LogP contribution in [0.25, 0.3) is 0 Å². The molecule has 0 fully saturated rings. The van der Waals surface area contributed by atoms with E-state index in [1.165, 1.54) is 11.3 Å². The zero-order valence-corrected chi connectivity index (χ0v) is 11.4. The minimum atomic E-state index is -0.223. The van der Waals surface area contributed by atoms with E-state index in [9.17, 15) is 0 Å². The highest BCUT2D eigenvalue weighted by Crippen LogP contribution is 2.45. The van der Waals surface area contributed by atoms with Crippen molar-refractivity contribution in [1.82, 2.24) is 9.97 Å². The molecule has 0 bridgehead atoms. The summed E-state index contributed by atoms with van der Waals surface area (Å²) >= 11 is 0. The molecule has 94 valence electrons. The van der Waals surface area contributed by atoms with Crippen LogP contribution in [0.3, 0.4) is 0 Å². The van der Waals surface area contributed by atoms with Crippen molar-refractivity contribution in [2.75, 3.05) is 6.61 Å². The Morgan fingerprint density at radius 2 is 1.82 bits per heavy atom. The van der Waals surface area contributed by atoms with Crippen LogP contribution in [0.5, 0.6) is 0 Å². The molecule has 1 aliphatic heterocycles. The third-order valence-corrected chi connectivity index (χ3v) is 3.90. The highest BCUT2D eigenvalue weighted by atomic mass is 16.5. The molecule has 0 atom stereocenters. The van der Waals surface area contributed by atoms with Crippen molar-refractivity contribution in [1.29, 1.82) is 0 Å². The van der Waals surface area contributed by atoms with Gasteiger partial charge in [0.2, 0.25) is 0 Å². The fourth-order valence-electron chi connectivity index (χ4n) is 3.19. The SMILES string of the molecule is Cc1ncnc2c1C(C(C)C)(C(C)C)OCC2. The van der Waals surface area contributed by atoms with Gasteiger partial charge in [-0.3, -0.25) is 0 Å². The second-order valence-electron chi connectivity index (χ2n) is 5.48. The molecular formula is C14H22N2O. The number of fused-ring (bicyclic) bond motifs is 1. The van der Waals surface area contributed by atoms with Gasteiger partial charge in [0.25, 0.3) is 0 Å². The molecule has 0 aliphatic carbocycles. The van der Waals surface area contributed by atoms with Gasteiger partial charge in [0.05, 0.1) is 12.3 Å². The molecular weight excluding hydrogens is 212 g/mol. The molecule has 3 heteroatoms. The van der Waals surface area contributed by atoms with Crippen LogP contribution in [0, 0.1) is 18.8 Å². The first-order valence-corrected chi connectivity index (χ1v) is 6.45. The Labute approximate surface area is 104 Å². The van der Waals surface area contributed by atoms with E-state index < -0.39 is 0 Å². The molecule has 0 N–H and O–H groups in total. The lowest BCUT2D eigenvalue weighted by Gasteiger charge is -2.45. The van der Waals surface area contributed by atoms with E-state index in [-0.39, 0.29) is 5.60 Å². The molecule has 0 unspecified atom stereocenters. The Kier molecular flexibility index (Phi) is 3.21. The first kappa shape index (κ1) is 12.5. The summed E-state index contributed by atoms with van der Waals surface area (Å²) in [7, 11) is 0. The predicted octanol–water partition coefficient (Wildman–Crippen LogP) is 2.87. The first-order valence-electron chi connectivity index (χ1n) is 6.45. The van der Waals surface area contributed by atoms with Gasteiger partial charge in [-0.25, -0.2) is 9.97 Å². The van der Waals surface area contributed by atoms with Crippen molar-refractivity contribution < 1.29 is 4.74 Å². The number of nitrogens with zero attached hydrogens (tertiary/aromatic N) is 2. The first-order chi connectivity index (χ1) is 8.00. The average molecular weight is 234 g/mol. The lowest BCUT2D eigenvalue weighted by atomic mass is 9.72. The summed E-state index contributed by atoms with van der Waals surface area (Å²) < 4.78 is 6.22. The molecule has 0 saturated heterocycles. The van der Waals surface area contributed by atoms with Crippen molar-refractivity contribution in [3.05, 3.63) is 23.3 Å². The second-order valence-corrected chi connectivity index (χ2v) is 5.48. The summed E-state index contributed by atoms with van der Waals surface area (Å²) in [6.45, 7) is 11.7. The highest BCUT2D eigenvalue weighted by molar-refractivity contribution is 5.34. The van der Waals surface area contributed by atoms with Crippen molar-refractivity contribution in [3.8, 4) is 0 Å². The summed E-state index contributed by atoms with van der Waals surface area (Å²) in [5.74, 6) is 0.845. The molecule has 0 radical (unpaired) electrons. The number of ether oxygens (including phenoxy) is 1. The Hall–Kier alpha value is -0.960. The average Bonchev–Trinajstić information content (AvgIpc) is 2.27. The van der Waals surface area contributed by atoms with Crippen LogP contribution in [-0.4, -0.2) is 16.6 Å². The van der Waals surface area contributed by atoms with Crippen LogP contribution >= 0.6 is 0 Å². The van der Waals surface area contributed by atoms with Crippen LogP contribution < -0.4 is 0 Å². The Balaban J connectivity index is 2.66. The Morgan fingerprint density at radius 3 is 2.41 bits per heavy atom. The van der Waals surface area contributed by atoms with Gasteiger partial charge in [-0.15, -0.1) is 0 Å². The fraction of sp³-hybridized carbons (Fsp3) is 0.714. The molecule has 1 aliphatic rings. The maximum absolute atomic E-state index is 6.22. The maximum Gasteiger partial charge on any atom is 0.115 e. The van der Waals surface area contributed by atoms with Crippen molar-refractivity contribution in [2.45, 2.75) is 46.6 Å². The largest absolute Gasteiger partial charge is 0.369 e. The van der Waals surface area contributed by atoms with Crippen molar-refractivity contribution in [3.63, 3.8) is 0 Å². The van der Waals surface area contributed by atoms with E-state index in [4.69, 9.17) is 4.74 Å². The molecule has 0 amide bonds. The quantitative estimate of drug-likeness (QED) is 0.789. The fourth-order valence-corrected chi connectivity index (χ4v) is 3.19. The molecule has 2 rings (SSSR count). The molecule has 0 spiro atoms. The number of hydrogen-bond acceptors (Lipinski definition) is 3. The Bertz CT molecular complexity index is 405. The summed E-state index contributed by atoms with van der Waals surface area (Å²) in [4.78, 5) is 8.81. The predicted molar refractivity (Wildman–Crippen MR) is 67.8 cm³/mol. The van der Waals surface area contributed by atoms with Crippen LogP contribution in [-0.2, 0) is 16.8 Å². The van der Waals surface area contributed by atoms with Crippen LogP contribution in [0.15, 0.2) is 6.33 Å². The zero-order valence-electron chi connectivity index (χ0n) is 11.4. The standard InChI is InChI=1S/C14H22N2O/c1-9(2)14(10(3)4)13-11(5)15-8-16-12(13)6-7-17-14/h8-10H,6-7H2,1-5H3. The normalized spacial score (nSPS) is 18.5. The lowest BCUT2D eigenvalue weighted by molar-refractivity contribution is -0.127. The maximum atomic E-state index is 6.22. The molecule has 1 aromatic rings. The molecule has 2 heterocycles. The van der Waals surface area contributed by atoms with Gasteiger partial charge < -0.3 is 4.74 Å². The highest BCUT2D eigenvalue weighted by Gasteiger charge is 2.45. The number of aryl methyl sites for hydroxylation is 1. The van der Waals surface area contributed by atoms with E-state index in [1.807, 2.05) is 0 Å². The summed E-state index contributed by atoms with van der Waals surface area (Å²) in [6, 6.07) is 0. The topological polar surface area (TPSA) is 35.0 Å². The van der Waals surface area contributed by atoms with Gasteiger partial charge in [-0.05, 0) is 18.8 Å². The van der Waals surface area contributed by atoms with Gasteiger partial charge in [-0.1, -0.05) is 27.7 Å². The minimum Gasteiger partial charge on any atom is -0.369 e. The van der Waals surface area contributed by atoms with Crippen LogP contribution in [0.4, 0.5) is 0 Å². The third-order valence-electron chi connectivity index (χ3n) is 3.90. The minimum absolute atomic E-state index is 0.223. The third kappa shape index (κ3) is 1.77. The smallest absolute Gasteiger partial charge is 0.115 e. The van der Waals surface area contributed by atoms with Gasteiger partial charge >= 0.3 is 0 Å². The molecule has 17 heavy (non-hydrogen) atoms. The monoisotopic (exact) mass is 234 g/mol. The van der Waals surface area contributed by atoms with Crippen molar-refractivity contribution in [2.24, 2.45) is 11.8 Å². The molecule has 3 nitrogen and oxygen atoms in total. The van der Waals surface area contributed by atoms with Gasteiger partial charge in [0.15, 0.2) is 0 Å².